The first-order chi connectivity index (χ1) is 13.5. The van der Waals surface area contributed by atoms with Crippen LogP contribution >= 0.6 is 0 Å². The monoisotopic (exact) mass is 376 g/mol. The van der Waals surface area contributed by atoms with Crippen LogP contribution in [0, 0.1) is 5.92 Å². The number of fused-ring (bicyclic) bond motifs is 1. The van der Waals surface area contributed by atoms with Crippen molar-refractivity contribution < 1.29 is 14.3 Å². The molecule has 0 spiro atoms. The zero-order valence-electron chi connectivity index (χ0n) is 16.2. The highest BCUT2D eigenvalue weighted by atomic mass is 16.5. The number of ether oxygens (including phenoxy) is 1. The predicted octanol–water partition coefficient (Wildman–Crippen LogP) is 4.24. The van der Waals surface area contributed by atoms with E-state index in [9.17, 15) is 9.59 Å². The van der Waals surface area contributed by atoms with Crippen LogP contribution in [0.2, 0.25) is 0 Å². The molecule has 2 N–H and O–H groups in total. The highest BCUT2D eigenvalue weighted by Crippen LogP contribution is 2.19. The van der Waals surface area contributed by atoms with Crippen LogP contribution in [-0.4, -0.2) is 25.0 Å². The van der Waals surface area contributed by atoms with E-state index in [1.54, 1.807) is 31.4 Å². The molecule has 5 heteroatoms. The third-order valence-corrected chi connectivity index (χ3v) is 4.60. The van der Waals surface area contributed by atoms with Gasteiger partial charge in [-0.05, 0) is 53.1 Å². The molecule has 3 rings (SSSR count). The van der Waals surface area contributed by atoms with Crippen molar-refractivity contribution in [3.63, 3.8) is 0 Å². The molecule has 1 atom stereocenters. The van der Waals surface area contributed by atoms with E-state index in [1.807, 2.05) is 56.3 Å². The number of rotatable bonds is 6. The molecule has 0 bridgehead atoms. The Morgan fingerprint density at radius 2 is 1.57 bits per heavy atom. The van der Waals surface area contributed by atoms with Crippen molar-refractivity contribution in [2.75, 3.05) is 12.4 Å². The second-order valence-electron chi connectivity index (χ2n) is 6.97. The van der Waals surface area contributed by atoms with Gasteiger partial charge in [0.25, 0.3) is 5.91 Å². The molecular formula is C23H24N2O3. The van der Waals surface area contributed by atoms with Gasteiger partial charge in [-0.15, -0.1) is 0 Å². The first-order valence-electron chi connectivity index (χ1n) is 9.22. The van der Waals surface area contributed by atoms with Crippen LogP contribution in [0.15, 0.2) is 66.7 Å². The van der Waals surface area contributed by atoms with Crippen molar-refractivity contribution in [2.45, 2.75) is 19.9 Å². The summed E-state index contributed by atoms with van der Waals surface area (Å²) < 4.78 is 5.11. The number of hydrogen-bond donors (Lipinski definition) is 2. The van der Waals surface area contributed by atoms with Crippen molar-refractivity contribution in [3.05, 3.63) is 72.3 Å². The maximum absolute atomic E-state index is 12.8. The fraction of sp³-hybridized carbons (Fsp3) is 0.217. The molecule has 0 heterocycles. The zero-order chi connectivity index (χ0) is 20.1. The third-order valence-electron chi connectivity index (χ3n) is 4.60. The van der Waals surface area contributed by atoms with Gasteiger partial charge in [0.15, 0.2) is 0 Å². The summed E-state index contributed by atoms with van der Waals surface area (Å²) in [6.07, 6.45) is 0. The van der Waals surface area contributed by atoms with Gasteiger partial charge < -0.3 is 15.4 Å². The Labute approximate surface area is 164 Å². The molecule has 3 aromatic carbocycles. The number of methoxy groups -OCH3 is 1. The predicted molar refractivity (Wildman–Crippen MR) is 112 cm³/mol. The summed E-state index contributed by atoms with van der Waals surface area (Å²) in [7, 11) is 1.57. The molecule has 0 fully saturated rings. The Balaban J connectivity index is 1.72. The smallest absolute Gasteiger partial charge is 0.251 e. The van der Waals surface area contributed by atoms with Crippen molar-refractivity contribution in [1.82, 2.24) is 5.32 Å². The summed E-state index contributed by atoms with van der Waals surface area (Å²) in [5, 5.41) is 7.90. The third kappa shape index (κ3) is 4.49. The first kappa shape index (κ1) is 19.4. The molecule has 0 unspecified atom stereocenters. The van der Waals surface area contributed by atoms with Gasteiger partial charge in [-0.1, -0.05) is 44.2 Å². The first-order valence-corrected chi connectivity index (χ1v) is 9.22. The summed E-state index contributed by atoms with van der Waals surface area (Å²) in [6, 6.07) is 19.8. The molecule has 5 nitrogen and oxygen atoms in total. The van der Waals surface area contributed by atoms with Crippen LogP contribution in [0.5, 0.6) is 5.75 Å². The van der Waals surface area contributed by atoms with E-state index in [2.05, 4.69) is 10.6 Å². The van der Waals surface area contributed by atoms with Gasteiger partial charge in [-0.3, -0.25) is 9.59 Å². The van der Waals surface area contributed by atoms with Crippen molar-refractivity contribution in [3.8, 4) is 5.75 Å². The molecule has 0 radical (unpaired) electrons. The van der Waals surface area contributed by atoms with Gasteiger partial charge >= 0.3 is 0 Å². The van der Waals surface area contributed by atoms with E-state index in [0.717, 1.165) is 10.8 Å². The second kappa shape index (κ2) is 8.57. The average Bonchev–Trinajstić information content (AvgIpc) is 2.71. The standard InChI is InChI=1S/C23H24N2O3/c1-15(2)21(25-22(26)17-9-12-20(28-3)13-10-17)23(27)24-19-11-8-16-6-4-5-7-18(16)14-19/h4-15,21H,1-3H3,(H,24,27)(H,25,26)/t21-/m0/s1. The van der Waals surface area contributed by atoms with Crippen LogP contribution in [0.25, 0.3) is 10.8 Å². The van der Waals surface area contributed by atoms with E-state index < -0.39 is 6.04 Å². The summed E-state index contributed by atoms with van der Waals surface area (Å²) in [4.78, 5) is 25.4. The molecule has 0 aliphatic rings. The Kier molecular flexibility index (Phi) is 5.94. The lowest BCUT2D eigenvalue weighted by Crippen LogP contribution is -2.47. The van der Waals surface area contributed by atoms with E-state index in [1.165, 1.54) is 0 Å². The quantitative estimate of drug-likeness (QED) is 0.676. The highest BCUT2D eigenvalue weighted by Gasteiger charge is 2.25. The molecular weight excluding hydrogens is 352 g/mol. The summed E-state index contributed by atoms with van der Waals surface area (Å²) in [5.74, 6) is 0.0656. The zero-order valence-corrected chi connectivity index (χ0v) is 16.2. The van der Waals surface area contributed by atoms with E-state index in [0.29, 0.717) is 17.0 Å². The maximum Gasteiger partial charge on any atom is 0.251 e. The van der Waals surface area contributed by atoms with E-state index >= 15 is 0 Å². The largest absolute Gasteiger partial charge is 0.497 e. The van der Waals surface area contributed by atoms with Crippen molar-refractivity contribution in [2.24, 2.45) is 5.92 Å². The fourth-order valence-corrected chi connectivity index (χ4v) is 2.99. The molecule has 0 aliphatic heterocycles. The number of carbonyl (C=O) groups is 2. The molecule has 0 aromatic heterocycles. The number of hydrogen-bond acceptors (Lipinski definition) is 3. The Morgan fingerprint density at radius 3 is 2.21 bits per heavy atom. The van der Waals surface area contributed by atoms with Crippen molar-refractivity contribution in [1.29, 1.82) is 0 Å². The number of nitrogens with one attached hydrogen (secondary N) is 2. The number of anilines is 1. The Hall–Kier alpha value is -3.34. The van der Waals surface area contributed by atoms with E-state index in [-0.39, 0.29) is 17.7 Å². The highest BCUT2D eigenvalue weighted by molar-refractivity contribution is 6.02. The SMILES string of the molecule is COc1ccc(C(=O)N[C@H](C(=O)Nc2ccc3ccccc3c2)C(C)C)cc1. The molecule has 28 heavy (non-hydrogen) atoms. The Morgan fingerprint density at radius 1 is 0.893 bits per heavy atom. The molecule has 144 valence electrons. The molecule has 0 saturated carbocycles. The minimum absolute atomic E-state index is 0.0670. The minimum Gasteiger partial charge on any atom is -0.497 e. The average molecular weight is 376 g/mol. The van der Waals surface area contributed by atoms with Crippen molar-refractivity contribution >= 4 is 28.3 Å². The van der Waals surface area contributed by atoms with Crippen LogP contribution in [0.4, 0.5) is 5.69 Å². The lowest BCUT2D eigenvalue weighted by molar-refractivity contribution is -0.118. The summed E-state index contributed by atoms with van der Waals surface area (Å²) in [5.41, 5.74) is 1.18. The van der Waals surface area contributed by atoms with Gasteiger partial charge in [-0.2, -0.15) is 0 Å². The van der Waals surface area contributed by atoms with Gasteiger partial charge in [0.1, 0.15) is 11.8 Å². The molecule has 0 saturated heterocycles. The van der Waals surface area contributed by atoms with E-state index in [4.69, 9.17) is 4.74 Å². The number of benzene rings is 3. The molecule has 2 amide bonds. The summed E-state index contributed by atoms with van der Waals surface area (Å²) >= 11 is 0. The van der Waals surface area contributed by atoms with Gasteiger partial charge in [-0.25, -0.2) is 0 Å². The lowest BCUT2D eigenvalue weighted by Gasteiger charge is -2.22. The van der Waals surface area contributed by atoms with Gasteiger partial charge in [0, 0.05) is 11.3 Å². The Bertz CT molecular complexity index is 981. The fourth-order valence-electron chi connectivity index (χ4n) is 2.99. The van der Waals surface area contributed by atoms with Crippen LogP contribution < -0.4 is 15.4 Å². The molecule has 3 aromatic rings. The minimum atomic E-state index is -0.652. The van der Waals surface area contributed by atoms with Gasteiger partial charge in [0.05, 0.1) is 7.11 Å². The second-order valence-corrected chi connectivity index (χ2v) is 6.97. The number of amides is 2. The number of carbonyl (C=O) groups excluding carboxylic acids is 2. The normalized spacial score (nSPS) is 11.9. The van der Waals surface area contributed by atoms with Crippen LogP contribution in [-0.2, 0) is 4.79 Å². The van der Waals surface area contributed by atoms with Crippen LogP contribution in [0.3, 0.4) is 0 Å². The molecule has 0 aliphatic carbocycles. The van der Waals surface area contributed by atoms with Crippen LogP contribution in [0.1, 0.15) is 24.2 Å². The maximum atomic E-state index is 12.8. The summed E-state index contributed by atoms with van der Waals surface area (Å²) in [6.45, 7) is 3.80. The lowest BCUT2D eigenvalue weighted by atomic mass is 10.0. The van der Waals surface area contributed by atoms with Gasteiger partial charge in [0.2, 0.25) is 5.91 Å². The topological polar surface area (TPSA) is 67.4 Å².